The Hall–Kier alpha value is -3.51. The number of nitrogens with zero attached hydrogens (tertiary/aromatic N) is 2. The summed E-state index contributed by atoms with van der Waals surface area (Å²) in [7, 11) is 0. The molecule has 6 rings (SSSR count). The third kappa shape index (κ3) is 3.11. The second-order valence-electron chi connectivity index (χ2n) is 8.19. The number of aromatic amines is 2. The fourth-order valence-electron chi connectivity index (χ4n) is 4.70. The van der Waals surface area contributed by atoms with E-state index < -0.39 is 0 Å². The lowest BCUT2D eigenvalue weighted by Crippen LogP contribution is -2.26. The van der Waals surface area contributed by atoms with Crippen molar-refractivity contribution in [3.8, 4) is 22.5 Å². The molecule has 0 atom stereocenters. The Morgan fingerprint density at radius 1 is 0.903 bits per heavy atom. The molecule has 5 nitrogen and oxygen atoms in total. The number of H-pyrrole nitrogens is 2. The van der Waals surface area contributed by atoms with Crippen LogP contribution in [0, 0.1) is 5.82 Å². The molecule has 2 aromatic carbocycles. The fourth-order valence-corrected chi connectivity index (χ4v) is 4.70. The summed E-state index contributed by atoms with van der Waals surface area (Å²) in [6.45, 7) is 2.09. The van der Waals surface area contributed by atoms with Crippen LogP contribution in [-0.2, 0) is 0 Å². The molecule has 1 aliphatic rings. The van der Waals surface area contributed by atoms with E-state index in [1.807, 2.05) is 36.5 Å². The first-order chi connectivity index (χ1) is 15.3. The number of piperidine rings is 1. The van der Waals surface area contributed by atoms with Crippen LogP contribution in [0.15, 0.2) is 60.8 Å². The lowest BCUT2D eigenvalue weighted by atomic mass is 9.91. The minimum atomic E-state index is -0.222. The molecule has 0 aliphatic carbocycles. The van der Waals surface area contributed by atoms with E-state index in [-0.39, 0.29) is 5.82 Å². The topological polar surface area (TPSA) is 69.4 Å². The van der Waals surface area contributed by atoms with Crippen LogP contribution < -0.4 is 5.32 Å². The van der Waals surface area contributed by atoms with E-state index in [0.29, 0.717) is 17.1 Å². The Morgan fingerprint density at radius 2 is 1.74 bits per heavy atom. The molecule has 0 radical (unpaired) electrons. The van der Waals surface area contributed by atoms with Crippen LogP contribution >= 0.6 is 0 Å². The first kappa shape index (κ1) is 18.3. The normalized spacial score (nSPS) is 15.1. The molecule has 5 aromatic rings. The number of aromatic nitrogens is 4. The maximum atomic E-state index is 14.5. The van der Waals surface area contributed by atoms with Gasteiger partial charge in [0.25, 0.3) is 0 Å². The van der Waals surface area contributed by atoms with Gasteiger partial charge in [0.15, 0.2) is 5.65 Å². The highest BCUT2D eigenvalue weighted by atomic mass is 19.1. The number of pyridine rings is 1. The summed E-state index contributed by atoms with van der Waals surface area (Å²) in [6, 6.07) is 17.1. The molecule has 0 bridgehead atoms. The lowest BCUT2D eigenvalue weighted by molar-refractivity contribution is 0.460. The predicted molar refractivity (Wildman–Crippen MR) is 121 cm³/mol. The van der Waals surface area contributed by atoms with Crippen molar-refractivity contribution in [1.29, 1.82) is 0 Å². The minimum Gasteiger partial charge on any atom is -0.353 e. The van der Waals surface area contributed by atoms with Crippen molar-refractivity contribution in [3.05, 3.63) is 72.2 Å². The average Bonchev–Trinajstić information content (AvgIpc) is 3.43. The van der Waals surface area contributed by atoms with Crippen LogP contribution in [0.1, 0.15) is 24.3 Å². The van der Waals surface area contributed by atoms with Crippen molar-refractivity contribution >= 4 is 21.9 Å². The molecule has 0 unspecified atom stereocenters. The second-order valence-corrected chi connectivity index (χ2v) is 8.19. The van der Waals surface area contributed by atoms with Gasteiger partial charge in [0.1, 0.15) is 5.82 Å². The number of rotatable bonds is 3. The molecule has 154 valence electrons. The monoisotopic (exact) mass is 411 g/mol. The van der Waals surface area contributed by atoms with Gasteiger partial charge in [-0.1, -0.05) is 30.3 Å². The lowest BCUT2D eigenvalue weighted by Gasteiger charge is -2.22. The standard InChI is InChI=1S/C25H22FN5/c26-21-6-2-1-4-18(21)17-5-3-7-22-19(17)13-23(29-22)24-20-12-16(14-28-25(20)31-30-24)15-8-10-27-11-9-15/h1-7,12-15,27,29H,8-11H2,(H,28,30,31). The quantitative estimate of drug-likeness (QED) is 0.373. The van der Waals surface area contributed by atoms with Crippen molar-refractivity contribution in [2.75, 3.05) is 13.1 Å². The molecule has 1 saturated heterocycles. The first-order valence-corrected chi connectivity index (χ1v) is 10.7. The van der Waals surface area contributed by atoms with Gasteiger partial charge in [-0.2, -0.15) is 5.10 Å². The van der Waals surface area contributed by atoms with Crippen LogP contribution in [0.25, 0.3) is 44.5 Å². The largest absolute Gasteiger partial charge is 0.353 e. The van der Waals surface area contributed by atoms with Gasteiger partial charge in [0.2, 0.25) is 0 Å². The summed E-state index contributed by atoms with van der Waals surface area (Å²) in [5.74, 6) is 0.303. The van der Waals surface area contributed by atoms with Crippen molar-refractivity contribution in [2.24, 2.45) is 0 Å². The van der Waals surface area contributed by atoms with Crippen molar-refractivity contribution < 1.29 is 4.39 Å². The van der Waals surface area contributed by atoms with Gasteiger partial charge in [-0.05, 0) is 67.2 Å². The fraction of sp³-hybridized carbons (Fsp3) is 0.200. The Morgan fingerprint density at radius 3 is 2.61 bits per heavy atom. The Kier molecular flexibility index (Phi) is 4.32. The molecule has 1 aliphatic heterocycles. The van der Waals surface area contributed by atoms with Gasteiger partial charge in [-0.25, -0.2) is 9.37 Å². The molecule has 31 heavy (non-hydrogen) atoms. The molecular weight excluding hydrogens is 389 g/mol. The Balaban J connectivity index is 1.48. The van der Waals surface area contributed by atoms with E-state index in [0.717, 1.165) is 59.2 Å². The predicted octanol–water partition coefficient (Wildman–Crippen LogP) is 5.38. The highest BCUT2D eigenvalue weighted by Crippen LogP contribution is 2.35. The van der Waals surface area contributed by atoms with Crippen LogP contribution in [0.2, 0.25) is 0 Å². The van der Waals surface area contributed by atoms with E-state index in [9.17, 15) is 4.39 Å². The molecular formula is C25H22FN5. The van der Waals surface area contributed by atoms with Crippen LogP contribution in [0.5, 0.6) is 0 Å². The number of nitrogens with one attached hydrogen (secondary N) is 3. The highest BCUT2D eigenvalue weighted by molar-refractivity contribution is 6.00. The van der Waals surface area contributed by atoms with Gasteiger partial charge in [0.05, 0.1) is 11.4 Å². The summed E-state index contributed by atoms with van der Waals surface area (Å²) in [5.41, 5.74) is 6.24. The first-order valence-electron chi connectivity index (χ1n) is 10.7. The van der Waals surface area contributed by atoms with Crippen LogP contribution in [-0.4, -0.2) is 33.3 Å². The average molecular weight is 411 g/mol. The van der Waals surface area contributed by atoms with Gasteiger partial charge in [-0.3, -0.25) is 5.10 Å². The molecule has 4 heterocycles. The summed E-state index contributed by atoms with van der Waals surface area (Å²) >= 11 is 0. The Bertz CT molecular complexity index is 1390. The molecule has 0 saturated carbocycles. The summed E-state index contributed by atoms with van der Waals surface area (Å²) in [6.07, 6.45) is 4.21. The van der Waals surface area contributed by atoms with Gasteiger partial charge in [0, 0.05) is 28.0 Å². The SMILES string of the molecule is Fc1ccccc1-c1cccc2[nH]c(-c3[nH]nc4ncc(C5CCNCC5)cc34)cc12. The molecule has 3 aromatic heterocycles. The molecule has 6 heteroatoms. The number of hydrogen-bond donors (Lipinski definition) is 3. The third-order valence-corrected chi connectivity index (χ3v) is 6.34. The highest BCUT2D eigenvalue weighted by Gasteiger charge is 2.19. The third-order valence-electron chi connectivity index (χ3n) is 6.34. The van der Waals surface area contributed by atoms with Crippen molar-refractivity contribution in [2.45, 2.75) is 18.8 Å². The van der Waals surface area contributed by atoms with E-state index in [1.54, 1.807) is 6.07 Å². The molecule has 1 fully saturated rings. The maximum Gasteiger partial charge on any atom is 0.181 e. The van der Waals surface area contributed by atoms with Crippen molar-refractivity contribution in [1.82, 2.24) is 25.5 Å². The number of hydrogen-bond acceptors (Lipinski definition) is 3. The zero-order chi connectivity index (χ0) is 20.8. The molecule has 3 N–H and O–H groups in total. The second kappa shape index (κ2) is 7.32. The van der Waals surface area contributed by atoms with Crippen LogP contribution in [0.4, 0.5) is 4.39 Å². The van der Waals surface area contributed by atoms with E-state index >= 15 is 0 Å². The zero-order valence-electron chi connectivity index (χ0n) is 17.0. The van der Waals surface area contributed by atoms with Crippen molar-refractivity contribution in [3.63, 3.8) is 0 Å². The van der Waals surface area contributed by atoms with Gasteiger partial charge < -0.3 is 10.3 Å². The van der Waals surface area contributed by atoms with Crippen LogP contribution in [0.3, 0.4) is 0 Å². The van der Waals surface area contributed by atoms with Gasteiger partial charge in [-0.15, -0.1) is 0 Å². The molecule has 0 spiro atoms. The zero-order valence-corrected chi connectivity index (χ0v) is 17.0. The smallest absolute Gasteiger partial charge is 0.181 e. The maximum absolute atomic E-state index is 14.5. The number of halogens is 1. The molecule has 0 amide bonds. The minimum absolute atomic E-state index is 0.222. The van der Waals surface area contributed by atoms with Gasteiger partial charge >= 0.3 is 0 Å². The summed E-state index contributed by atoms with van der Waals surface area (Å²) < 4.78 is 14.5. The number of fused-ring (bicyclic) bond motifs is 2. The van der Waals surface area contributed by atoms with E-state index in [4.69, 9.17) is 0 Å². The van der Waals surface area contributed by atoms with E-state index in [2.05, 4.69) is 37.6 Å². The summed E-state index contributed by atoms with van der Waals surface area (Å²) in [5, 5.41) is 13.0. The Labute approximate surface area is 178 Å². The summed E-state index contributed by atoms with van der Waals surface area (Å²) in [4.78, 5) is 8.09. The number of benzene rings is 2. The van der Waals surface area contributed by atoms with E-state index in [1.165, 1.54) is 11.6 Å².